The Morgan fingerprint density at radius 1 is 1.14 bits per heavy atom. The summed E-state index contributed by atoms with van der Waals surface area (Å²) in [5, 5.41) is 14.2. The van der Waals surface area contributed by atoms with Crippen LogP contribution in [0.2, 0.25) is 0 Å². The first kappa shape index (κ1) is 24.1. The lowest BCUT2D eigenvalue weighted by Gasteiger charge is -2.55. The number of hydrogen-bond donors (Lipinski definition) is 1. The van der Waals surface area contributed by atoms with Gasteiger partial charge in [0.15, 0.2) is 0 Å². The fourth-order valence-electron chi connectivity index (χ4n) is 9.68. The quantitative estimate of drug-likeness (QED) is 0.350. The summed E-state index contributed by atoms with van der Waals surface area (Å²) in [6.45, 7) is 9.78. The predicted molar refractivity (Wildman–Crippen MR) is 147 cm³/mol. The van der Waals surface area contributed by atoms with E-state index in [1.54, 1.807) is 0 Å². The molecule has 3 aliphatic carbocycles. The molecule has 4 nitrogen and oxygen atoms in total. The van der Waals surface area contributed by atoms with Crippen LogP contribution in [0.15, 0.2) is 60.0 Å². The minimum absolute atomic E-state index is 0.152. The number of hydrogen-bond acceptors (Lipinski definition) is 3. The second-order valence-corrected chi connectivity index (χ2v) is 13.4. The highest BCUT2D eigenvalue weighted by Gasteiger charge is 2.67. The number of pyridine rings is 1. The number of benzene rings is 1. The normalized spacial score (nSPS) is 40.0. The second kappa shape index (κ2) is 8.00. The molecule has 4 heteroatoms. The van der Waals surface area contributed by atoms with Crippen LogP contribution in [0.1, 0.15) is 90.5 Å². The van der Waals surface area contributed by atoms with Crippen LogP contribution >= 0.6 is 0 Å². The summed E-state index contributed by atoms with van der Waals surface area (Å²) >= 11 is 0. The van der Waals surface area contributed by atoms with Crippen LogP contribution in [-0.2, 0) is 4.74 Å². The Kier molecular flexibility index (Phi) is 5.20. The first-order chi connectivity index (χ1) is 17.7. The van der Waals surface area contributed by atoms with Gasteiger partial charge in [-0.05, 0) is 111 Å². The van der Waals surface area contributed by atoms with Gasteiger partial charge in [0, 0.05) is 30.6 Å². The number of rotatable bonds is 4. The average Bonchev–Trinajstić information content (AvgIpc) is 3.42. The highest BCUT2D eigenvalue weighted by Crippen LogP contribution is 2.69. The molecule has 2 bridgehead atoms. The zero-order chi connectivity index (χ0) is 25.6. The molecule has 1 aromatic heterocycles. The Morgan fingerprint density at radius 2 is 2.00 bits per heavy atom. The third kappa shape index (κ3) is 3.16. The van der Waals surface area contributed by atoms with E-state index in [1.165, 1.54) is 40.3 Å². The number of nitrogens with zero attached hydrogens (tertiary/aromatic N) is 2. The van der Waals surface area contributed by atoms with Crippen molar-refractivity contribution in [3.8, 4) is 0 Å². The summed E-state index contributed by atoms with van der Waals surface area (Å²) in [6, 6.07) is 9.62. The van der Waals surface area contributed by atoms with Crippen molar-refractivity contribution in [1.29, 1.82) is 0 Å². The van der Waals surface area contributed by atoms with Crippen LogP contribution in [0.25, 0.3) is 10.8 Å². The number of quaternary nitrogens is 1. The van der Waals surface area contributed by atoms with Crippen LogP contribution in [0, 0.1) is 11.3 Å². The van der Waals surface area contributed by atoms with E-state index in [4.69, 9.17) is 4.74 Å². The number of fused-ring (bicyclic) bond motifs is 2. The maximum absolute atomic E-state index is 11.6. The van der Waals surface area contributed by atoms with Gasteiger partial charge in [-0.2, -0.15) is 4.65 Å². The molecule has 0 radical (unpaired) electrons. The van der Waals surface area contributed by atoms with E-state index in [0.29, 0.717) is 11.8 Å². The van der Waals surface area contributed by atoms with Crippen molar-refractivity contribution in [2.75, 3.05) is 6.54 Å². The summed E-state index contributed by atoms with van der Waals surface area (Å²) < 4.78 is 7.67. The van der Waals surface area contributed by atoms with Gasteiger partial charge in [0.25, 0.3) is 0 Å². The van der Waals surface area contributed by atoms with Crippen molar-refractivity contribution in [2.45, 2.75) is 108 Å². The van der Waals surface area contributed by atoms with E-state index in [0.717, 1.165) is 45.1 Å². The van der Waals surface area contributed by atoms with E-state index in [-0.39, 0.29) is 33.3 Å². The first-order valence-corrected chi connectivity index (χ1v) is 14.8. The van der Waals surface area contributed by atoms with Crippen LogP contribution in [0.5, 0.6) is 0 Å². The van der Waals surface area contributed by atoms with Gasteiger partial charge in [-0.1, -0.05) is 31.2 Å². The summed E-state index contributed by atoms with van der Waals surface area (Å²) in [6.07, 6.45) is 17.9. The van der Waals surface area contributed by atoms with E-state index < -0.39 is 0 Å². The topological polar surface area (TPSA) is 42.4 Å². The highest BCUT2D eigenvalue weighted by molar-refractivity contribution is 5.82. The van der Waals surface area contributed by atoms with E-state index in [9.17, 15) is 5.21 Å². The third-order valence-corrected chi connectivity index (χ3v) is 11.8. The molecule has 1 unspecified atom stereocenters. The van der Waals surface area contributed by atoms with E-state index in [1.807, 2.05) is 12.4 Å². The molecule has 5 aliphatic rings. The largest absolute Gasteiger partial charge is 0.359 e. The number of aromatic nitrogens is 1. The third-order valence-electron chi connectivity index (χ3n) is 11.8. The molecule has 37 heavy (non-hydrogen) atoms. The molecular weight excluding hydrogens is 456 g/mol. The minimum atomic E-state index is -0.179. The van der Waals surface area contributed by atoms with E-state index in [2.05, 4.69) is 69.1 Å². The smallest absolute Gasteiger partial charge is 0.122 e. The second-order valence-electron chi connectivity index (χ2n) is 13.4. The number of allylic oxidation sites excluding steroid dienone is 1. The molecular formula is C33H43N2O2+. The first-order valence-electron chi connectivity index (χ1n) is 14.8. The van der Waals surface area contributed by atoms with Gasteiger partial charge in [-0.15, -0.1) is 0 Å². The van der Waals surface area contributed by atoms with Gasteiger partial charge in [0.1, 0.15) is 18.6 Å². The maximum Gasteiger partial charge on any atom is 0.122 e. The fraction of sp³-hybridized carbons (Fsp3) is 0.606. The monoisotopic (exact) mass is 499 g/mol. The zero-order valence-electron chi connectivity index (χ0n) is 23.0. The summed E-state index contributed by atoms with van der Waals surface area (Å²) in [5.74, 6) is 1.08. The van der Waals surface area contributed by atoms with Crippen LogP contribution in [-0.4, -0.2) is 44.7 Å². The lowest BCUT2D eigenvalue weighted by Crippen LogP contribution is -2.62. The Hall–Kier alpha value is -2.01. The highest BCUT2D eigenvalue weighted by atomic mass is 16.6. The van der Waals surface area contributed by atoms with Gasteiger partial charge < -0.3 is 4.74 Å². The molecule has 2 spiro atoms. The Morgan fingerprint density at radius 3 is 2.81 bits per heavy atom. The maximum atomic E-state index is 11.6. The average molecular weight is 500 g/mol. The van der Waals surface area contributed by atoms with Crippen LogP contribution < -0.4 is 0 Å². The van der Waals surface area contributed by atoms with Crippen molar-refractivity contribution in [1.82, 2.24) is 4.98 Å². The van der Waals surface area contributed by atoms with Crippen molar-refractivity contribution in [3.63, 3.8) is 0 Å². The molecule has 1 N–H and O–H groups in total. The Bertz CT molecular complexity index is 1310. The van der Waals surface area contributed by atoms with Gasteiger partial charge in [0.05, 0.1) is 11.2 Å². The predicted octanol–water partition coefficient (Wildman–Crippen LogP) is 7.48. The van der Waals surface area contributed by atoms with Crippen molar-refractivity contribution in [3.05, 3.63) is 65.5 Å². The molecule has 0 amide bonds. The number of hydroxylamine groups is 3. The molecule has 7 rings (SSSR count). The standard InChI is InChI=1S/C33H43N2O2/c1-5-35(36,22(2)3)28-9-8-26-19-27-12-14-31(4)29(24-7-6-23-13-17-34-21-25(23)18-24)10-11-30(31)33(27)16-15-32(26,20-28)37-33/h6-7,12-13,17-19,21-22,28-30,36H,5,8-11,14-16,20H2,1-4H3/q+1/t28-,29+,30+,31+,32+,33+,35?/m0/s1. The van der Waals surface area contributed by atoms with Gasteiger partial charge >= 0.3 is 0 Å². The molecule has 7 atom stereocenters. The molecule has 2 saturated carbocycles. The molecule has 3 heterocycles. The zero-order valence-corrected chi connectivity index (χ0v) is 23.0. The summed E-state index contributed by atoms with van der Waals surface area (Å²) in [4.78, 5) is 4.39. The molecule has 2 aliphatic heterocycles. The minimum Gasteiger partial charge on any atom is -0.359 e. The molecule has 196 valence electrons. The van der Waals surface area contributed by atoms with Gasteiger partial charge in [-0.25, -0.2) is 5.21 Å². The lowest BCUT2D eigenvalue weighted by molar-refractivity contribution is -1.13. The molecule has 2 aromatic rings. The molecule has 1 aromatic carbocycles. The van der Waals surface area contributed by atoms with Crippen molar-refractivity contribution in [2.24, 2.45) is 11.3 Å². The van der Waals surface area contributed by atoms with Gasteiger partial charge in [-0.3, -0.25) is 4.98 Å². The summed E-state index contributed by atoms with van der Waals surface area (Å²) in [7, 11) is 0. The van der Waals surface area contributed by atoms with Crippen molar-refractivity contribution >= 4 is 10.8 Å². The van der Waals surface area contributed by atoms with Crippen LogP contribution in [0.3, 0.4) is 0 Å². The van der Waals surface area contributed by atoms with E-state index >= 15 is 0 Å². The summed E-state index contributed by atoms with van der Waals surface area (Å²) in [5.41, 5.74) is 4.32. The fourth-order valence-corrected chi connectivity index (χ4v) is 9.68. The van der Waals surface area contributed by atoms with Crippen molar-refractivity contribution < 1.29 is 14.6 Å². The Balaban J connectivity index is 1.24. The SMILES string of the molecule is CC[N+](O)(C(C)C)[C@H]1CCC2=CC3=CC[C@]4(C)[C@@H](c5ccc6ccncc6c5)CC[C@H]4[C@@]34CC[C@]2(C1)O4. The molecule has 1 saturated heterocycles. The van der Waals surface area contributed by atoms with Crippen LogP contribution in [0.4, 0.5) is 0 Å². The molecule has 3 fully saturated rings. The van der Waals surface area contributed by atoms with Gasteiger partial charge in [0.2, 0.25) is 0 Å². The Labute approximate surface area is 222 Å². The number of ether oxygens (including phenoxy) is 1. The lowest BCUT2D eigenvalue weighted by atomic mass is 9.58.